The third-order valence-corrected chi connectivity index (χ3v) is 3.82. The maximum atomic E-state index is 12.1. The van der Waals surface area contributed by atoms with Gasteiger partial charge in [0.2, 0.25) is 11.8 Å². The second-order valence-electron chi connectivity index (χ2n) is 5.88. The van der Waals surface area contributed by atoms with Crippen molar-refractivity contribution in [2.45, 2.75) is 19.5 Å². The zero-order valence-corrected chi connectivity index (χ0v) is 15.3. The Labute approximate surface area is 158 Å². The van der Waals surface area contributed by atoms with E-state index < -0.39 is 12.0 Å². The molecule has 6 heteroatoms. The average molecular weight is 366 g/mol. The third kappa shape index (κ3) is 6.43. The molecule has 27 heavy (non-hydrogen) atoms. The summed E-state index contributed by atoms with van der Waals surface area (Å²) in [5, 5.41) is 5.37. The van der Waals surface area contributed by atoms with E-state index in [1.54, 1.807) is 37.3 Å². The first kappa shape index (κ1) is 19.9. The van der Waals surface area contributed by atoms with E-state index >= 15 is 0 Å². The van der Waals surface area contributed by atoms with Crippen molar-refractivity contribution in [3.63, 3.8) is 0 Å². The largest absolute Gasteiger partial charge is 0.465 e. The lowest BCUT2D eigenvalue weighted by Gasteiger charge is -2.13. The SMILES string of the molecule is COC(=O)c1ccc(CNC(=O)C(C)NC(=O)/C=C/c2ccccc2)cc1. The van der Waals surface area contributed by atoms with Crippen molar-refractivity contribution in [2.24, 2.45) is 0 Å². The molecule has 6 nitrogen and oxygen atoms in total. The summed E-state index contributed by atoms with van der Waals surface area (Å²) in [6.07, 6.45) is 3.08. The van der Waals surface area contributed by atoms with Gasteiger partial charge in [0.05, 0.1) is 12.7 Å². The third-order valence-electron chi connectivity index (χ3n) is 3.82. The van der Waals surface area contributed by atoms with Crippen LogP contribution in [0.5, 0.6) is 0 Å². The topological polar surface area (TPSA) is 84.5 Å². The van der Waals surface area contributed by atoms with Gasteiger partial charge in [-0.25, -0.2) is 4.79 Å². The first-order valence-corrected chi connectivity index (χ1v) is 8.48. The Bertz CT molecular complexity index is 814. The molecule has 2 N–H and O–H groups in total. The van der Waals surface area contributed by atoms with E-state index in [4.69, 9.17) is 0 Å². The van der Waals surface area contributed by atoms with Crippen LogP contribution in [0.15, 0.2) is 60.7 Å². The highest BCUT2D eigenvalue weighted by Gasteiger charge is 2.14. The van der Waals surface area contributed by atoms with Crippen molar-refractivity contribution < 1.29 is 19.1 Å². The van der Waals surface area contributed by atoms with Gasteiger partial charge in [-0.15, -0.1) is 0 Å². The molecule has 0 saturated heterocycles. The Hall–Kier alpha value is -3.41. The fourth-order valence-electron chi connectivity index (χ4n) is 2.28. The fraction of sp³-hybridized carbons (Fsp3) is 0.190. The molecule has 0 aliphatic rings. The van der Waals surface area contributed by atoms with Gasteiger partial charge in [-0.05, 0) is 36.3 Å². The molecule has 0 spiro atoms. The van der Waals surface area contributed by atoms with E-state index in [2.05, 4.69) is 15.4 Å². The summed E-state index contributed by atoms with van der Waals surface area (Å²) < 4.78 is 4.64. The van der Waals surface area contributed by atoms with Crippen molar-refractivity contribution in [2.75, 3.05) is 7.11 Å². The van der Waals surface area contributed by atoms with Gasteiger partial charge in [0, 0.05) is 12.6 Å². The summed E-state index contributed by atoms with van der Waals surface area (Å²) in [4.78, 5) is 35.4. The minimum Gasteiger partial charge on any atom is -0.465 e. The lowest BCUT2D eigenvalue weighted by molar-refractivity contribution is -0.126. The van der Waals surface area contributed by atoms with E-state index in [9.17, 15) is 14.4 Å². The Kier molecular flexibility index (Phi) is 7.31. The minimum atomic E-state index is -0.674. The van der Waals surface area contributed by atoms with Gasteiger partial charge in [-0.3, -0.25) is 9.59 Å². The molecular weight excluding hydrogens is 344 g/mol. The molecule has 2 aromatic rings. The summed E-state index contributed by atoms with van der Waals surface area (Å²) in [5.41, 5.74) is 2.18. The molecule has 0 aliphatic heterocycles. The molecule has 0 saturated carbocycles. The van der Waals surface area contributed by atoms with Crippen molar-refractivity contribution in [1.82, 2.24) is 10.6 Å². The number of rotatable bonds is 7. The maximum Gasteiger partial charge on any atom is 0.337 e. The smallest absolute Gasteiger partial charge is 0.337 e. The van der Waals surface area contributed by atoms with E-state index in [1.807, 2.05) is 30.3 Å². The molecular formula is C21H22N2O4. The van der Waals surface area contributed by atoms with E-state index in [0.29, 0.717) is 12.1 Å². The fourth-order valence-corrected chi connectivity index (χ4v) is 2.28. The van der Waals surface area contributed by atoms with Gasteiger partial charge in [0.25, 0.3) is 0 Å². The van der Waals surface area contributed by atoms with Crippen LogP contribution in [-0.2, 0) is 20.9 Å². The lowest BCUT2D eigenvalue weighted by Crippen LogP contribution is -2.44. The number of carbonyl (C=O) groups is 3. The molecule has 0 bridgehead atoms. The van der Waals surface area contributed by atoms with Crippen LogP contribution >= 0.6 is 0 Å². The Morgan fingerprint density at radius 2 is 1.70 bits per heavy atom. The molecule has 140 valence electrons. The van der Waals surface area contributed by atoms with E-state index in [0.717, 1.165) is 11.1 Å². The molecule has 1 atom stereocenters. The highest BCUT2D eigenvalue weighted by Crippen LogP contribution is 2.06. The number of hydrogen-bond donors (Lipinski definition) is 2. The molecule has 2 rings (SSSR count). The number of nitrogens with one attached hydrogen (secondary N) is 2. The van der Waals surface area contributed by atoms with Gasteiger partial charge in [-0.1, -0.05) is 42.5 Å². The van der Waals surface area contributed by atoms with Crippen LogP contribution in [0.3, 0.4) is 0 Å². The standard InChI is InChI=1S/C21H22N2O4/c1-15(23-19(24)13-10-16-6-4-3-5-7-16)20(25)22-14-17-8-11-18(12-9-17)21(26)27-2/h3-13,15H,14H2,1-2H3,(H,22,25)(H,23,24)/b13-10+. The number of esters is 1. The number of benzene rings is 2. The van der Waals surface area contributed by atoms with Crippen LogP contribution in [-0.4, -0.2) is 30.9 Å². The molecule has 0 fully saturated rings. The van der Waals surface area contributed by atoms with Crippen molar-refractivity contribution >= 4 is 23.9 Å². The molecule has 0 heterocycles. The van der Waals surface area contributed by atoms with Gasteiger partial charge < -0.3 is 15.4 Å². The summed E-state index contributed by atoms with van der Waals surface area (Å²) in [5.74, 6) is -1.05. The number of ether oxygens (including phenoxy) is 1. The van der Waals surface area contributed by atoms with Crippen LogP contribution in [0.1, 0.15) is 28.4 Å². The van der Waals surface area contributed by atoms with Crippen LogP contribution < -0.4 is 10.6 Å². The summed E-state index contributed by atoms with van der Waals surface area (Å²) in [6, 6.07) is 15.5. The predicted molar refractivity (Wildman–Crippen MR) is 103 cm³/mol. The second kappa shape index (κ2) is 9.91. The zero-order chi connectivity index (χ0) is 19.6. The molecule has 2 aromatic carbocycles. The number of hydrogen-bond acceptors (Lipinski definition) is 4. The van der Waals surface area contributed by atoms with Gasteiger partial charge in [0.15, 0.2) is 0 Å². The normalized spacial score (nSPS) is 11.6. The predicted octanol–water partition coefficient (Wildman–Crippen LogP) is 2.31. The molecule has 0 aliphatic carbocycles. The van der Waals surface area contributed by atoms with Crippen molar-refractivity contribution in [3.05, 3.63) is 77.4 Å². The van der Waals surface area contributed by atoms with E-state index in [1.165, 1.54) is 13.2 Å². The highest BCUT2D eigenvalue weighted by molar-refractivity contribution is 5.95. The first-order chi connectivity index (χ1) is 13.0. The van der Waals surface area contributed by atoms with Crippen LogP contribution in [0.4, 0.5) is 0 Å². The summed E-state index contributed by atoms with van der Waals surface area (Å²) >= 11 is 0. The van der Waals surface area contributed by atoms with Crippen LogP contribution in [0.25, 0.3) is 6.08 Å². The monoisotopic (exact) mass is 366 g/mol. The quantitative estimate of drug-likeness (QED) is 0.582. The van der Waals surface area contributed by atoms with Crippen molar-refractivity contribution in [3.8, 4) is 0 Å². The molecule has 0 radical (unpaired) electrons. The summed E-state index contributed by atoms with van der Waals surface area (Å²) in [6.45, 7) is 1.91. The number of amides is 2. The van der Waals surface area contributed by atoms with E-state index in [-0.39, 0.29) is 11.8 Å². The Morgan fingerprint density at radius 1 is 1.04 bits per heavy atom. The second-order valence-corrected chi connectivity index (χ2v) is 5.88. The first-order valence-electron chi connectivity index (χ1n) is 8.48. The van der Waals surface area contributed by atoms with Gasteiger partial charge >= 0.3 is 5.97 Å². The number of methoxy groups -OCH3 is 1. The van der Waals surface area contributed by atoms with Crippen LogP contribution in [0, 0.1) is 0 Å². The Morgan fingerprint density at radius 3 is 2.33 bits per heavy atom. The molecule has 0 aromatic heterocycles. The maximum absolute atomic E-state index is 12.1. The zero-order valence-electron chi connectivity index (χ0n) is 15.3. The van der Waals surface area contributed by atoms with Gasteiger partial charge in [-0.2, -0.15) is 0 Å². The van der Waals surface area contributed by atoms with Crippen LogP contribution in [0.2, 0.25) is 0 Å². The Balaban J connectivity index is 1.80. The molecule has 1 unspecified atom stereocenters. The minimum absolute atomic E-state index is 0.292. The number of carbonyl (C=O) groups excluding carboxylic acids is 3. The summed E-state index contributed by atoms with van der Waals surface area (Å²) in [7, 11) is 1.32. The molecule has 2 amide bonds. The van der Waals surface area contributed by atoms with Crippen molar-refractivity contribution in [1.29, 1.82) is 0 Å². The highest BCUT2D eigenvalue weighted by atomic mass is 16.5. The average Bonchev–Trinajstić information content (AvgIpc) is 2.71. The van der Waals surface area contributed by atoms with Gasteiger partial charge in [0.1, 0.15) is 6.04 Å². The lowest BCUT2D eigenvalue weighted by atomic mass is 10.1.